The van der Waals surface area contributed by atoms with Gasteiger partial charge in [0.25, 0.3) is 0 Å². The summed E-state index contributed by atoms with van der Waals surface area (Å²) in [5.74, 6) is 0. The quantitative estimate of drug-likeness (QED) is 0.771. The van der Waals surface area contributed by atoms with Gasteiger partial charge >= 0.3 is 0 Å². The third-order valence-electron chi connectivity index (χ3n) is 3.47. The van der Waals surface area contributed by atoms with E-state index in [0.29, 0.717) is 6.41 Å². The number of hydrogen-bond acceptors (Lipinski definition) is 3. The van der Waals surface area contributed by atoms with E-state index in [1.54, 1.807) is 0 Å². The fourth-order valence-electron chi connectivity index (χ4n) is 2.59. The summed E-state index contributed by atoms with van der Waals surface area (Å²) in [6.45, 7) is 7.98. The molecule has 4 heteroatoms. The molecule has 1 aromatic carbocycles. The minimum absolute atomic E-state index is 0.151. The monoisotopic (exact) mass is 259 g/mol. The first kappa shape index (κ1) is 13.5. The van der Waals surface area contributed by atoms with Crippen molar-refractivity contribution in [1.29, 1.82) is 0 Å². The van der Waals surface area contributed by atoms with Gasteiger partial charge in [-0.2, -0.15) is 0 Å². The summed E-state index contributed by atoms with van der Waals surface area (Å²) in [5.41, 5.74) is 3.10. The maximum Gasteiger partial charge on any atom is 0.211 e. The normalized spacial score (nSPS) is 15.1. The molecule has 4 nitrogen and oxygen atoms in total. The van der Waals surface area contributed by atoms with Crippen LogP contribution in [0.15, 0.2) is 36.5 Å². The zero-order valence-corrected chi connectivity index (χ0v) is 11.4. The van der Waals surface area contributed by atoms with Crippen LogP contribution in [0.5, 0.6) is 0 Å². The zero-order valence-electron chi connectivity index (χ0n) is 11.4. The average molecular weight is 259 g/mol. The molecular weight excluding hydrogens is 238 g/mol. The highest BCUT2D eigenvalue weighted by Gasteiger charge is 2.25. The fraction of sp³-hybridized carbons (Fsp3) is 0.400. The molecule has 1 unspecified atom stereocenters. The van der Waals surface area contributed by atoms with E-state index < -0.39 is 0 Å². The van der Waals surface area contributed by atoms with E-state index in [0.717, 1.165) is 37.3 Å². The first-order valence-electron chi connectivity index (χ1n) is 6.76. The Morgan fingerprint density at radius 3 is 3.11 bits per heavy atom. The lowest BCUT2D eigenvalue weighted by atomic mass is 10.0. The summed E-state index contributed by atoms with van der Waals surface area (Å²) in [6.07, 6.45) is 2.74. The highest BCUT2D eigenvalue weighted by atomic mass is 16.1. The first-order chi connectivity index (χ1) is 9.27. The van der Waals surface area contributed by atoms with Crippen LogP contribution in [0.1, 0.15) is 19.8 Å². The zero-order chi connectivity index (χ0) is 13.7. The summed E-state index contributed by atoms with van der Waals surface area (Å²) < 4.78 is 0. The average Bonchev–Trinajstić information content (AvgIpc) is 2.44. The molecule has 2 rings (SSSR count). The lowest BCUT2D eigenvalue weighted by Gasteiger charge is -2.39. The van der Waals surface area contributed by atoms with Crippen LogP contribution in [0, 0.1) is 0 Å². The van der Waals surface area contributed by atoms with Gasteiger partial charge in [-0.15, -0.1) is 0 Å². The lowest BCUT2D eigenvalue weighted by Crippen LogP contribution is -2.45. The van der Waals surface area contributed by atoms with Crippen molar-refractivity contribution in [3.05, 3.63) is 36.5 Å². The van der Waals surface area contributed by atoms with Gasteiger partial charge in [0.05, 0.1) is 17.4 Å². The van der Waals surface area contributed by atoms with E-state index in [1.807, 2.05) is 12.1 Å². The molecule has 19 heavy (non-hydrogen) atoms. The molecule has 1 aliphatic rings. The van der Waals surface area contributed by atoms with Crippen LogP contribution in [0.2, 0.25) is 0 Å². The first-order valence-corrected chi connectivity index (χ1v) is 6.76. The van der Waals surface area contributed by atoms with Crippen molar-refractivity contribution in [3.63, 3.8) is 0 Å². The second kappa shape index (κ2) is 6.27. The molecular formula is C15H21N3O. The van der Waals surface area contributed by atoms with Crippen LogP contribution >= 0.6 is 0 Å². The Morgan fingerprint density at radius 2 is 2.37 bits per heavy atom. The highest BCUT2D eigenvalue weighted by molar-refractivity contribution is 5.73. The van der Waals surface area contributed by atoms with E-state index >= 15 is 0 Å². The molecule has 1 aliphatic heterocycles. The van der Waals surface area contributed by atoms with Crippen molar-refractivity contribution in [2.24, 2.45) is 0 Å². The molecule has 0 saturated carbocycles. The Bertz CT molecular complexity index is 458. The molecule has 1 amide bonds. The number of fused-ring (bicyclic) bond motifs is 1. The Hall–Kier alpha value is -1.97. The Kier molecular flexibility index (Phi) is 4.44. The Morgan fingerprint density at radius 1 is 1.58 bits per heavy atom. The third-order valence-corrected chi connectivity index (χ3v) is 3.47. The number of rotatable bonds is 6. The molecule has 1 atom stereocenters. The van der Waals surface area contributed by atoms with Gasteiger partial charge in [-0.05, 0) is 18.6 Å². The van der Waals surface area contributed by atoms with Crippen LogP contribution in [0.4, 0.5) is 11.4 Å². The molecule has 2 N–H and O–H groups in total. The van der Waals surface area contributed by atoms with Crippen LogP contribution in [-0.4, -0.2) is 25.5 Å². The SMILES string of the molecule is C=C(NC=O)C(CCC)N1CCNc2ccccc21. The summed E-state index contributed by atoms with van der Waals surface area (Å²) in [5, 5.41) is 6.12. The summed E-state index contributed by atoms with van der Waals surface area (Å²) in [4.78, 5) is 13.0. The lowest BCUT2D eigenvalue weighted by molar-refractivity contribution is -0.109. The molecule has 0 saturated heterocycles. The van der Waals surface area contributed by atoms with Crippen molar-refractivity contribution in [3.8, 4) is 0 Å². The smallest absolute Gasteiger partial charge is 0.211 e. The highest BCUT2D eigenvalue weighted by Crippen LogP contribution is 2.32. The van der Waals surface area contributed by atoms with Gasteiger partial charge < -0.3 is 15.5 Å². The molecule has 0 spiro atoms. The predicted octanol–water partition coefficient (Wildman–Crippen LogP) is 2.35. The fourth-order valence-corrected chi connectivity index (χ4v) is 2.59. The van der Waals surface area contributed by atoms with Gasteiger partial charge in [0, 0.05) is 18.8 Å². The molecule has 0 aliphatic carbocycles. The topological polar surface area (TPSA) is 44.4 Å². The van der Waals surface area contributed by atoms with Crippen LogP contribution in [0.3, 0.4) is 0 Å². The van der Waals surface area contributed by atoms with Crippen molar-refractivity contribution < 1.29 is 4.79 Å². The number of amides is 1. The van der Waals surface area contributed by atoms with Crippen molar-refractivity contribution >= 4 is 17.8 Å². The van der Waals surface area contributed by atoms with Gasteiger partial charge in [0.2, 0.25) is 6.41 Å². The Balaban J connectivity index is 2.27. The largest absolute Gasteiger partial charge is 0.382 e. The second-order valence-electron chi connectivity index (χ2n) is 4.73. The molecule has 1 heterocycles. The third kappa shape index (κ3) is 2.89. The molecule has 0 aromatic heterocycles. The summed E-state index contributed by atoms with van der Waals surface area (Å²) in [7, 11) is 0. The summed E-state index contributed by atoms with van der Waals surface area (Å²) in [6, 6.07) is 8.41. The number of anilines is 2. The number of carbonyl (C=O) groups is 1. The number of nitrogens with one attached hydrogen (secondary N) is 2. The number of para-hydroxylation sites is 2. The number of carbonyl (C=O) groups excluding carboxylic acids is 1. The standard InChI is InChI=1S/C15H21N3O/c1-3-6-14(12(2)17-11-19)18-10-9-16-13-7-4-5-8-15(13)18/h4-5,7-8,11,14,16H,2-3,6,9-10H2,1H3,(H,17,19). The number of hydrogen-bond donors (Lipinski definition) is 2. The molecule has 1 aromatic rings. The van der Waals surface area contributed by atoms with Gasteiger partial charge in [0.1, 0.15) is 0 Å². The van der Waals surface area contributed by atoms with Gasteiger partial charge in [-0.1, -0.05) is 32.1 Å². The maximum atomic E-state index is 10.6. The predicted molar refractivity (Wildman–Crippen MR) is 79.3 cm³/mol. The van der Waals surface area contributed by atoms with Gasteiger partial charge in [0.15, 0.2) is 0 Å². The van der Waals surface area contributed by atoms with Gasteiger partial charge in [-0.25, -0.2) is 0 Å². The van der Waals surface area contributed by atoms with Gasteiger partial charge in [-0.3, -0.25) is 4.79 Å². The van der Waals surface area contributed by atoms with E-state index in [4.69, 9.17) is 0 Å². The molecule has 102 valence electrons. The molecule has 0 bridgehead atoms. The summed E-state index contributed by atoms with van der Waals surface area (Å²) >= 11 is 0. The van der Waals surface area contributed by atoms with Crippen LogP contribution in [0.25, 0.3) is 0 Å². The van der Waals surface area contributed by atoms with Crippen molar-refractivity contribution in [2.45, 2.75) is 25.8 Å². The van der Waals surface area contributed by atoms with E-state index in [-0.39, 0.29) is 6.04 Å². The molecule has 0 radical (unpaired) electrons. The number of nitrogens with zero attached hydrogens (tertiary/aromatic N) is 1. The minimum Gasteiger partial charge on any atom is -0.382 e. The van der Waals surface area contributed by atoms with Crippen LogP contribution < -0.4 is 15.5 Å². The maximum absolute atomic E-state index is 10.6. The minimum atomic E-state index is 0.151. The van der Waals surface area contributed by atoms with E-state index in [2.05, 4.69) is 41.2 Å². The molecule has 0 fully saturated rings. The van der Waals surface area contributed by atoms with Crippen molar-refractivity contribution in [2.75, 3.05) is 23.3 Å². The van der Waals surface area contributed by atoms with Crippen molar-refractivity contribution in [1.82, 2.24) is 5.32 Å². The van der Waals surface area contributed by atoms with E-state index in [1.165, 1.54) is 5.69 Å². The second-order valence-corrected chi connectivity index (χ2v) is 4.73. The van der Waals surface area contributed by atoms with Crippen LogP contribution in [-0.2, 0) is 4.79 Å². The number of benzene rings is 1. The van der Waals surface area contributed by atoms with E-state index in [9.17, 15) is 4.79 Å². The Labute approximate surface area is 114 Å².